The second-order valence-corrected chi connectivity index (χ2v) is 10.0. The van der Waals surface area contributed by atoms with Gasteiger partial charge in [0.1, 0.15) is 4.75 Å². The largest absolute Gasteiger partial charge is 0.355 e. The van der Waals surface area contributed by atoms with Crippen LogP contribution in [0.4, 0.5) is 0 Å². The van der Waals surface area contributed by atoms with E-state index in [4.69, 9.17) is 4.55 Å². The number of thiol groups is 1. The third-order valence-electron chi connectivity index (χ3n) is 3.04. The van der Waals surface area contributed by atoms with E-state index in [-0.39, 0.29) is 5.91 Å². The Morgan fingerprint density at radius 2 is 1.48 bits per heavy atom. The molecule has 0 rings (SSSR count). The lowest BCUT2D eigenvalue weighted by Crippen LogP contribution is -2.45. The van der Waals surface area contributed by atoms with E-state index in [0.29, 0.717) is 13.1 Å². The molecule has 0 radical (unpaired) electrons. The van der Waals surface area contributed by atoms with Gasteiger partial charge in [-0.1, -0.05) is 0 Å². The minimum absolute atomic E-state index is 0.0718. The molecule has 3 N–H and O–H groups in total. The zero-order valence-corrected chi connectivity index (χ0v) is 16.7. The zero-order chi connectivity index (χ0) is 18.1. The van der Waals surface area contributed by atoms with Crippen LogP contribution in [-0.4, -0.2) is 54.7 Å². The number of hydrogen-bond acceptors (Lipinski definition) is 5. The van der Waals surface area contributed by atoms with Crippen LogP contribution < -0.4 is 10.6 Å². The van der Waals surface area contributed by atoms with E-state index >= 15 is 0 Å². The molecule has 0 saturated carbocycles. The summed E-state index contributed by atoms with van der Waals surface area (Å²) in [7, 11) is 0. The van der Waals surface area contributed by atoms with Crippen LogP contribution in [0, 0.1) is 0 Å². The van der Waals surface area contributed by atoms with Crippen molar-refractivity contribution in [1.82, 2.24) is 10.6 Å². The van der Waals surface area contributed by atoms with E-state index in [1.54, 1.807) is 25.6 Å². The minimum atomic E-state index is -2.19. The number of nitrogens with one attached hydrogen (secondary N) is 2. The number of amides is 2. The van der Waals surface area contributed by atoms with E-state index in [1.165, 1.54) is 13.8 Å². The van der Waals surface area contributed by atoms with Crippen LogP contribution in [0.3, 0.4) is 0 Å². The summed E-state index contributed by atoms with van der Waals surface area (Å²) < 4.78 is 18.1. The topological polar surface area (TPSA) is 95.5 Å². The first-order valence-corrected chi connectivity index (χ1v) is 10.2. The van der Waals surface area contributed by atoms with Gasteiger partial charge in [-0.3, -0.25) is 9.59 Å². The summed E-state index contributed by atoms with van der Waals surface area (Å²) in [5.41, 5.74) is 0. The second kappa shape index (κ2) is 10.6. The van der Waals surface area contributed by atoms with E-state index in [2.05, 4.69) is 23.3 Å². The molecule has 0 heterocycles. The van der Waals surface area contributed by atoms with Gasteiger partial charge in [0.25, 0.3) is 0 Å². The molecule has 0 fully saturated rings. The maximum atomic E-state index is 11.7. The van der Waals surface area contributed by atoms with Crippen LogP contribution in [0.25, 0.3) is 0 Å². The number of carbonyl (C=O) groups is 2. The zero-order valence-electron chi connectivity index (χ0n) is 14.2. The molecule has 0 aliphatic rings. The number of hydrogen-bond donors (Lipinski definition) is 4. The highest BCUT2D eigenvalue weighted by molar-refractivity contribution is 7.99. The van der Waals surface area contributed by atoms with E-state index in [0.717, 1.165) is 24.3 Å². The molecule has 1 atom stereocenters. The SMILES string of the molecule is CC(C)(S)C(=O)NCCCSCCCNC(=O)C(C)(C)S(=O)O. The van der Waals surface area contributed by atoms with Gasteiger partial charge in [-0.25, -0.2) is 4.21 Å². The molecule has 2 amide bonds. The van der Waals surface area contributed by atoms with Crippen molar-refractivity contribution in [1.29, 1.82) is 0 Å². The summed E-state index contributed by atoms with van der Waals surface area (Å²) in [6.45, 7) is 7.49. The number of carbonyl (C=O) groups excluding carboxylic acids is 2. The van der Waals surface area contributed by atoms with Gasteiger partial charge in [0.2, 0.25) is 11.8 Å². The average Bonchev–Trinajstić information content (AvgIpc) is 2.43. The summed E-state index contributed by atoms with van der Waals surface area (Å²) in [6.07, 6.45) is 1.67. The van der Waals surface area contributed by atoms with Gasteiger partial charge in [0, 0.05) is 13.1 Å². The molecule has 0 spiro atoms. The first-order valence-electron chi connectivity index (χ1n) is 7.47. The van der Waals surface area contributed by atoms with Crippen molar-refractivity contribution in [2.75, 3.05) is 24.6 Å². The standard InChI is InChI=1S/C14H28N2O4S3/c1-13(2,21)11(17)15-7-5-9-22-10-6-8-16-12(18)14(3,4)23(19)20/h21H,5-10H2,1-4H3,(H,15,17)(H,16,18)(H,19,20). The van der Waals surface area contributed by atoms with Crippen molar-refractivity contribution >= 4 is 47.3 Å². The third kappa shape index (κ3) is 9.59. The van der Waals surface area contributed by atoms with E-state index in [9.17, 15) is 13.8 Å². The van der Waals surface area contributed by atoms with Gasteiger partial charge in [0.05, 0.1) is 4.75 Å². The molecule has 0 aromatic rings. The van der Waals surface area contributed by atoms with E-state index < -0.39 is 26.5 Å². The molecule has 136 valence electrons. The Morgan fingerprint density at radius 3 is 1.87 bits per heavy atom. The first-order chi connectivity index (χ1) is 10.5. The van der Waals surface area contributed by atoms with Crippen molar-refractivity contribution < 1.29 is 18.4 Å². The lowest BCUT2D eigenvalue weighted by atomic mass is 10.2. The van der Waals surface area contributed by atoms with Gasteiger partial charge in [0.15, 0.2) is 11.1 Å². The lowest BCUT2D eigenvalue weighted by Gasteiger charge is -2.19. The number of thioether (sulfide) groups is 1. The van der Waals surface area contributed by atoms with Crippen LogP contribution in [0.1, 0.15) is 40.5 Å². The third-order valence-corrected chi connectivity index (χ3v) is 5.46. The summed E-state index contributed by atoms with van der Waals surface area (Å²) in [4.78, 5) is 23.3. The fourth-order valence-electron chi connectivity index (χ4n) is 1.36. The summed E-state index contributed by atoms with van der Waals surface area (Å²) in [5.74, 6) is 1.32. The van der Waals surface area contributed by atoms with Crippen molar-refractivity contribution in [3.8, 4) is 0 Å². The molecular formula is C14H28N2O4S3. The Bertz CT molecular complexity index is 423. The Hall–Kier alpha value is -0.250. The fraction of sp³-hybridized carbons (Fsp3) is 0.857. The monoisotopic (exact) mass is 384 g/mol. The smallest absolute Gasteiger partial charge is 0.240 e. The molecule has 0 saturated heterocycles. The van der Waals surface area contributed by atoms with Gasteiger partial charge in [-0.05, 0) is 52.0 Å². The molecule has 0 aromatic heterocycles. The highest BCUT2D eigenvalue weighted by Gasteiger charge is 2.33. The molecule has 0 bridgehead atoms. The minimum Gasteiger partial charge on any atom is -0.355 e. The average molecular weight is 385 g/mol. The lowest BCUT2D eigenvalue weighted by molar-refractivity contribution is -0.123. The van der Waals surface area contributed by atoms with Crippen LogP contribution in [0.2, 0.25) is 0 Å². The van der Waals surface area contributed by atoms with Gasteiger partial charge in [-0.15, -0.1) is 0 Å². The molecule has 9 heteroatoms. The Morgan fingerprint density at radius 1 is 1.04 bits per heavy atom. The molecular weight excluding hydrogens is 356 g/mol. The number of rotatable bonds is 11. The van der Waals surface area contributed by atoms with Gasteiger partial charge >= 0.3 is 0 Å². The summed E-state index contributed by atoms with van der Waals surface area (Å²) >= 11 is 3.75. The highest BCUT2D eigenvalue weighted by atomic mass is 32.2. The molecule has 0 aliphatic carbocycles. The molecule has 0 aliphatic heterocycles. The first kappa shape index (κ1) is 22.8. The van der Waals surface area contributed by atoms with Crippen molar-refractivity contribution in [3.05, 3.63) is 0 Å². The van der Waals surface area contributed by atoms with Crippen LogP contribution in [-0.2, 0) is 20.7 Å². The predicted octanol–water partition coefficient (Wildman–Crippen LogP) is 1.44. The van der Waals surface area contributed by atoms with Crippen LogP contribution in [0.15, 0.2) is 0 Å². The maximum Gasteiger partial charge on any atom is 0.240 e. The Labute approximate surface area is 151 Å². The normalized spacial score (nSPS) is 13.5. The molecule has 6 nitrogen and oxygen atoms in total. The summed E-state index contributed by atoms with van der Waals surface area (Å²) in [5, 5.41) is 5.50. The summed E-state index contributed by atoms with van der Waals surface area (Å²) in [6, 6.07) is 0. The second-order valence-electron chi connectivity index (χ2n) is 6.15. The van der Waals surface area contributed by atoms with Crippen molar-refractivity contribution in [3.63, 3.8) is 0 Å². The van der Waals surface area contributed by atoms with Gasteiger partial charge < -0.3 is 15.2 Å². The Balaban J connectivity index is 3.60. The molecule has 1 unspecified atom stereocenters. The van der Waals surface area contributed by atoms with Gasteiger partial charge in [-0.2, -0.15) is 24.4 Å². The van der Waals surface area contributed by atoms with Crippen molar-refractivity contribution in [2.45, 2.75) is 50.0 Å². The molecule has 0 aromatic carbocycles. The molecule has 23 heavy (non-hydrogen) atoms. The fourth-order valence-corrected chi connectivity index (χ4v) is 2.57. The Kier molecular flexibility index (Phi) is 10.5. The predicted molar refractivity (Wildman–Crippen MR) is 100 cm³/mol. The van der Waals surface area contributed by atoms with Crippen LogP contribution >= 0.6 is 24.4 Å². The highest BCUT2D eigenvalue weighted by Crippen LogP contribution is 2.12. The van der Waals surface area contributed by atoms with Crippen molar-refractivity contribution in [2.24, 2.45) is 0 Å². The maximum absolute atomic E-state index is 11.7. The van der Waals surface area contributed by atoms with Crippen LogP contribution in [0.5, 0.6) is 0 Å². The quantitative estimate of drug-likeness (QED) is 0.246. The van der Waals surface area contributed by atoms with E-state index in [1.807, 2.05) is 0 Å².